The number of hydrogen-bond acceptors (Lipinski definition) is 5. The highest BCUT2D eigenvalue weighted by Crippen LogP contribution is 2.30. The molecule has 0 atom stereocenters. The van der Waals surface area contributed by atoms with Gasteiger partial charge >= 0.3 is 0 Å². The Hall–Kier alpha value is -2.93. The summed E-state index contributed by atoms with van der Waals surface area (Å²) in [7, 11) is 0. The Morgan fingerprint density at radius 2 is 1.93 bits per heavy atom. The first-order valence-electron chi connectivity index (χ1n) is 9.49. The normalized spacial score (nSPS) is 12.6. The molecule has 0 fully saturated rings. The van der Waals surface area contributed by atoms with Crippen LogP contribution in [-0.4, -0.2) is 34.4 Å². The lowest BCUT2D eigenvalue weighted by molar-refractivity contribution is -0.118. The number of nitrogens with one attached hydrogen (secondary N) is 1. The molecule has 0 aliphatic carbocycles. The van der Waals surface area contributed by atoms with Gasteiger partial charge in [-0.15, -0.1) is 0 Å². The zero-order valence-corrected chi connectivity index (χ0v) is 17.3. The molecule has 29 heavy (non-hydrogen) atoms. The number of thioether (sulfide) groups is 1. The molecule has 0 radical (unpaired) electrons. The van der Waals surface area contributed by atoms with E-state index in [9.17, 15) is 4.79 Å². The molecule has 1 amide bonds. The summed E-state index contributed by atoms with van der Waals surface area (Å²) in [5, 5.41) is 3.75. The van der Waals surface area contributed by atoms with Gasteiger partial charge in [0.2, 0.25) is 5.91 Å². The number of carbonyl (C=O) groups is 1. The zero-order chi connectivity index (χ0) is 20.2. The van der Waals surface area contributed by atoms with E-state index in [1.165, 1.54) is 22.9 Å². The van der Waals surface area contributed by atoms with Crippen molar-refractivity contribution in [3.05, 3.63) is 65.5 Å². The number of hydrogen-bond donors (Lipinski definition) is 1. The van der Waals surface area contributed by atoms with Crippen molar-refractivity contribution in [2.24, 2.45) is 0 Å². The minimum Gasteiger partial charge on any atom is -0.486 e. The minimum atomic E-state index is -0.0421. The fourth-order valence-electron chi connectivity index (χ4n) is 3.05. The summed E-state index contributed by atoms with van der Waals surface area (Å²) in [6, 6.07) is 12.0. The van der Waals surface area contributed by atoms with Crippen LogP contribution in [0.1, 0.15) is 16.7 Å². The van der Waals surface area contributed by atoms with Crippen molar-refractivity contribution < 1.29 is 14.3 Å². The molecule has 1 aliphatic heterocycles. The van der Waals surface area contributed by atoms with Gasteiger partial charge in [-0.3, -0.25) is 9.36 Å². The quantitative estimate of drug-likeness (QED) is 0.630. The maximum absolute atomic E-state index is 12.3. The predicted molar refractivity (Wildman–Crippen MR) is 113 cm³/mol. The van der Waals surface area contributed by atoms with Crippen LogP contribution < -0.4 is 14.8 Å². The number of fused-ring (bicyclic) bond motifs is 1. The molecule has 2 aromatic carbocycles. The highest BCUT2D eigenvalue weighted by Gasteiger charge is 2.13. The molecule has 0 saturated carbocycles. The average molecular weight is 410 g/mol. The van der Waals surface area contributed by atoms with E-state index < -0.39 is 0 Å². The number of carbonyl (C=O) groups excluding carboxylic acids is 1. The Kier molecular flexibility index (Phi) is 5.76. The van der Waals surface area contributed by atoms with Gasteiger partial charge in [0.05, 0.1) is 5.75 Å². The molecular weight excluding hydrogens is 386 g/mol. The van der Waals surface area contributed by atoms with Gasteiger partial charge < -0.3 is 14.8 Å². The Morgan fingerprint density at radius 1 is 1.10 bits per heavy atom. The third kappa shape index (κ3) is 4.56. The molecule has 1 N–H and O–H groups in total. The maximum Gasteiger partial charge on any atom is 0.230 e. The van der Waals surface area contributed by atoms with Gasteiger partial charge in [-0.05, 0) is 54.8 Å². The second-order valence-corrected chi connectivity index (χ2v) is 7.83. The van der Waals surface area contributed by atoms with Gasteiger partial charge in [-0.2, -0.15) is 0 Å². The predicted octanol–water partition coefficient (Wildman–Crippen LogP) is 3.67. The topological polar surface area (TPSA) is 65.4 Å². The van der Waals surface area contributed by atoms with E-state index in [1.54, 1.807) is 6.20 Å². The Balaban J connectivity index is 1.33. The Bertz CT molecular complexity index is 1030. The summed E-state index contributed by atoms with van der Waals surface area (Å²) in [6.07, 6.45) is 3.67. The Labute approximate surface area is 174 Å². The van der Waals surface area contributed by atoms with E-state index in [0.29, 0.717) is 25.5 Å². The number of benzene rings is 2. The number of rotatable bonds is 6. The molecule has 7 heteroatoms. The van der Waals surface area contributed by atoms with Gasteiger partial charge in [0.25, 0.3) is 0 Å². The van der Waals surface area contributed by atoms with E-state index in [2.05, 4.69) is 42.3 Å². The van der Waals surface area contributed by atoms with Crippen molar-refractivity contribution in [1.29, 1.82) is 0 Å². The molecule has 2 heterocycles. The standard InChI is InChI=1S/C22H23N3O3S/c1-15-3-5-18(11-16(15)2)25-8-7-23-22(25)29-14-21(26)24-13-17-4-6-19-20(12-17)28-10-9-27-19/h3-8,11-12H,9-10,13-14H2,1-2H3,(H,24,26). The van der Waals surface area contributed by atoms with Gasteiger partial charge in [0.1, 0.15) is 13.2 Å². The fourth-order valence-corrected chi connectivity index (χ4v) is 3.85. The van der Waals surface area contributed by atoms with Crippen LogP contribution in [0.15, 0.2) is 53.9 Å². The van der Waals surface area contributed by atoms with Crippen LogP contribution in [0.25, 0.3) is 5.69 Å². The first-order chi connectivity index (χ1) is 14.1. The molecular formula is C22H23N3O3S. The first-order valence-corrected chi connectivity index (χ1v) is 10.5. The lowest BCUT2D eigenvalue weighted by Gasteiger charge is -2.19. The van der Waals surface area contributed by atoms with Crippen LogP contribution in [0, 0.1) is 13.8 Å². The van der Waals surface area contributed by atoms with E-state index in [0.717, 1.165) is 27.9 Å². The molecule has 0 unspecified atom stereocenters. The Morgan fingerprint density at radius 3 is 2.76 bits per heavy atom. The molecule has 150 valence electrons. The van der Waals surface area contributed by atoms with Crippen molar-refractivity contribution in [3.8, 4) is 17.2 Å². The summed E-state index contributed by atoms with van der Waals surface area (Å²) >= 11 is 1.42. The summed E-state index contributed by atoms with van der Waals surface area (Å²) < 4.78 is 13.1. The molecule has 6 nitrogen and oxygen atoms in total. The molecule has 1 aromatic heterocycles. The van der Waals surface area contributed by atoms with Crippen LogP contribution in [-0.2, 0) is 11.3 Å². The third-order valence-electron chi connectivity index (χ3n) is 4.80. The largest absolute Gasteiger partial charge is 0.486 e. The first kappa shape index (κ1) is 19.4. The second kappa shape index (κ2) is 8.61. The highest BCUT2D eigenvalue weighted by atomic mass is 32.2. The fraction of sp³-hybridized carbons (Fsp3) is 0.273. The highest BCUT2D eigenvalue weighted by molar-refractivity contribution is 7.99. The van der Waals surface area contributed by atoms with Crippen LogP contribution in [0.5, 0.6) is 11.5 Å². The summed E-state index contributed by atoms with van der Waals surface area (Å²) in [6.45, 7) is 5.75. The zero-order valence-electron chi connectivity index (χ0n) is 16.5. The lowest BCUT2D eigenvalue weighted by atomic mass is 10.1. The number of amides is 1. The number of ether oxygens (including phenoxy) is 2. The smallest absolute Gasteiger partial charge is 0.230 e. The number of imidazole rings is 1. The summed E-state index contributed by atoms with van der Waals surface area (Å²) in [5.74, 6) is 1.74. The van der Waals surface area contributed by atoms with Crippen LogP contribution >= 0.6 is 11.8 Å². The molecule has 1 aliphatic rings. The van der Waals surface area contributed by atoms with E-state index in [4.69, 9.17) is 9.47 Å². The average Bonchev–Trinajstić information content (AvgIpc) is 3.21. The number of aromatic nitrogens is 2. The summed E-state index contributed by atoms with van der Waals surface area (Å²) in [4.78, 5) is 16.7. The molecule has 0 spiro atoms. The van der Waals surface area contributed by atoms with Gasteiger partial charge in [-0.25, -0.2) is 4.98 Å². The van der Waals surface area contributed by atoms with Crippen molar-refractivity contribution in [3.63, 3.8) is 0 Å². The van der Waals surface area contributed by atoms with Crippen LogP contribution in [0.2, 0.25) is 0 Å². The molecule has 0 saturated heterocycles. The third-order valence-corrected chi connectivity index (χ3v) is 5.77. The van der Waals surface area contributed by atoms with Crippen LogP contribution in [0.4, 0.5) is 0 Å². The summed E-state index contributed by atoms with van der Waals surface area (Å²) in [5.41, 5.74) is 4.50. The number of aryl methyl sites for hydroxylation is 2. The monoisotopic (exact) mass is 409 g/mol. The number of nitrogens with zero attached hydrogens (tertiary/aromatic N) is 2. The van der Waals surface area contributed by atoms with Gasteiger partial charge in [-0.1, -0.05) is 23.9 Å². The second-order valence-electron chi connectivity index (χ2n) is 6.89. The van der Waals surface area contributed by atoms with Crippen LogP contribution in [0.3, 0.4) is 0 Å². The molecule has 3 aromatic rings. The van der Waals surface area contributed by atoms with E-state index >= 15 is 0 Å². The van der Waals surface area contributed by atoms with E-state index in [-0.39, 0.29) is 5.91 Å². The van der Waals surface area contributed by atoms with Gasteiger partial charge in [0, 0.05) is 24.6 Å². The lowest BCUT2D eigenvalue weighted by Crippen LogP contribution is -2.25. The van der Waals surface area contributed by atoms with Crippen molar-refractivity contribution in [1.82, 2.24) is 14.9 Å². The van der Waals surface area contributed by atoms with Crippen molar-refractivity contribution in [2.75, 3.05) is 19.0 Å². The minimum absolute atomic E-state index is 0.0421. The SMILES string of the molecule is Cc1ccc(-n2ccnc2SCC(=O)NCc2ccc3c(c2)OCCO3)cc1C. The molecule has 0 bridgehead atoms. The van der Waals surface area contributed by atoms with Crippen molar-refractivity contribution in [2.45, 2.75) is 25.5 Å². The van der Waals surface area contributed by atoms with Crippen molar-refractivity contribution >= 4 is 17.7 Å². The molecule has 4 rings (SSSR count). The van der Waals surface area contributed by atoms with Gasteiger partial charge in [0.15, 0.2) is 16.7 Å². The maximum atomic E-state index is 12.3. The van der Waals surface area contributed by atoms with E-state index in [1.807, 2.05) is 29.0 Å².